The number of benzene rings is 1. The third-order valence-corrected chi connectivity index (χ3v) is 3.21. The first-order valence-corrected chi connectivity index (χ1v) is 6.92. The quantitative estimate of drug-likeness (QED) is 0.679. The third-order valence-electron chi connectivity index (χ3n) is 3.21. The van der Waals surface area contributed by atoms with Crippen LogP contribution >= 0.6 is 0 Å². The molecule has 2 heterocycles. The summed E-state index contributed by atoms with van der Waals surface area (Å²) in [7, 11) is 0. The van der Waals surface area contributed by atoms with Gasteiger partial charge in [0.1, 0.15) is 5.52 Å². The summed E-state index contributed by atoms with van der Waals surface area (Å²) in [6, 6.07) is 0.518. The molecule has 0 aliphatic heterocycles. The van der Waals surface area contributed by atoms with Crippen molar-refractivity contribution in [2.24, 2.45) is 0 Å². The van der Waals surface area contributed by atoms with Gasteiger partial charge in [0.05, 0.1) is 11.9 Å². The zero-order valence-corrected chi connectivity index (χ0v) is 12.7. The Labute approximate surface area is 143 Å². The van der Waals surface area contributed by atoms with Gasteiger partial charge < -0.3 is 9.15 Å². The van der Waals surface area contributed by atoms with Crippen LogP contribution < -0.4 is 10.5 Å². The Kier molecular flexibility index (Phi) is 4.53. The number of rotatable bonds is 4. The lowest BCUT2D eigenvalue weighted by atomic mass is 10.1. The van der Waals surface area contributed by atoms with Gasteiger partial charge in [-0.15, -0.1) is 0 Å². The van der Waals surface area contributed by atoms with E-state index in [2.05, 4.69) is 19.1 Å². The molecule has 0 unspecified atom stereocenters. The molecule has 2 aromatic heterocycles. The van der Waals surface area contributed by atoms with Crippen molar-refractivity contribution in [3.8, 4) is 17.1 Å². The van der Waals surface area contributed by atoms with Gasteiger partial charge in [-0.05, 0) is 6.07 Å². The highest BCUT2D eigenvalue weighted by Crippen LogP contribution is 2.33. The van der Waals surface area contributed by atoms with E-state index in [0.717, 1.165) is 0 Å². The first-order chi connectivity index (χ1) is 12.6. The maximum Gasteiger partial charge on any atom is 0.422 e. The average Bonchev–Trinajstić information content (AvgIpc) is 2.97. The van der Waals surface area contributed by atoms with Crippen LogP contribution in [-0.2, 0) is 0 Å². The molecule has 0 aliphatic rings. The van der Waals surface area contributed by atoms with Gasteiger partial charge in [0.15, 0.2) is 29.5 Å². The van der Waals surface area contributed by atoms with Gasteiger partial charge in [0, 0.05) is 5.56 Å². The van der Waals surface area contributed by atoms with E-state index >= 15 is 0 Å². The van der Waals surface area contributed by atoms with Crippen molar-refractivity contribution in [1.29, 1.82) is 0 Å². The summed E-state index contributed by atoms with van der Waals surface area (Å²) in [6.07, 6.45) is -7.50. The molecule has 0 atom stereocenters. The second-order valence-electron chi connectivity index (χ2n) is 5.09. The standard InChI is InChI=1S/C14H6F7N3O3/c15-5-1-4(10-8(7(5)16)24-13(25)27-10)6-2-22-12(9(23-6)11(17)18)26-3-14(19,20)21/h1-2,11H,3H2,(H,24,25). The number of oxazole rings is 1. The number of nitrogens with zero attached hydrogens (tertiary/aromatic N) is 2. The summed E-state index contributed by atoms with van der Waals surface area (Å²) < 4.78 is 99.1. The highest BCUT2D eigenvalue weighted by Gasteiger charge is 2.31. The Bertz CT molecular complexity index is 1060. The summed E-state index contributed by atoms with van der Waals surface area (Å²) >= 11 is 0. The number of hydrogen-bond donors (Lipinski definition) is 1. The van der Waals surface area contributed by atoms with Crippen molar-refractivity contribution < 1.29 is 39.9 Å². The van der Waals surface area contributed by atoms with Crippen LogP contribution in [0.15, 0.2) is 21.5 Å². The molecule has 0 aliphatic carbocycles. The van der Waals surface area contributed by atoms with E-state index in [-0.39, 0.29) is 0 Å². The van der Waals surface area contributed by atoms with Gasteiger partial charge in [0.2, 0.25) is 5.88 Å². The number of fused-ring (bicyclic) bond motifs is 1. The predicted octanol–water partition coefficient (Wildman–Crippen LogP) is 3.74. The number of ether oxygens (including phenoxy) is 1. The summed E-state index contributed by atoms with van der Waals surface area (Å²) in [5.74, 6) is -5.14. The van der Waals surface area contributed by atoms with Crippen LogP contribution in [0.1, 0.15) is 12.1 Å². The second-order valence-corrected chi connectivity index (χ2v) is 5.09. The minimum atomic E-state index is -4.81. The van der Waals surface area contributed by atoms with Crippen LogP contribution in [0.5, 0.6) is 5.88 Å². The van der Waals surface area contributed by atoms with E-state index in [0.29, 0.717) is 12.3 Å². The zero-order chi connectivity index (χ0) is 19.9. The molecule has 0 spiro atoms. The summed E-state index contributed by atoms with van der Waals surface area (Å²) in [5, 5.41) is 0. The maximum atomic E-state index is 13.7. The molecule has 27 heavy (non-hydrogen) atoms. The topological polar surface area (TPSA) is 81.0 Å². The largest absolute Gasteiger partial charge is 0.467 e. The molecular weight excluding hydrogens is 391 g/mol. The van der Waals surface area contributed by atoms with Crippen LogP contribution in [-0.4, -0.2) is 27.7 Å². The molecule has 3 rings (SSSR count). The Morgan fingerprint density at radius 2 is 1.96 bits per heavy atom. The third kappa shape index (κ3) is 3.71. The molecule has 0 radical (unpaired) electrons. The van der Waals surface area contributed by atoms with Crippen molar-refractivity contribution in [1.82, 2.24) is 15.0 Å². The minimum Gasteiger partial charge on any atom is -0.467 e. The Balaban J connectivity index is 2.13. The molecule has 1 N–H and O–H groups in total. The normalized spacial score (nSPS) is 12.1. The lowest BCUT2D eigenvalue weighted by Gasteiger charge is -2.12. The molecule has 3 aromatic rings. The monoisotopic (exact) mass is 397 g/mol. The van der Waals surface area contributed by atoms with Crippen molar-refractivity contribution in [3.05, 3.63) is 40.1 Å². The molecule has 0 amide bonds. The van der Waals surface area contributed by atoms with E-state index in [1.54, 1.807) is 0 Å². The molecule has 0 bridgehead atoms. The molecule has 0 fully saturated rings. The lowest BCUT2D eigenvalue weighted by molar-refractivity contribution is -0.154. The van der Waals surface area contributed by atoms with E-state index in [1.165, 1.54) is 0 Å². The lowest BCUT2D eigenvalue weighted by Crippen LogP contribution is -2.20. The number of H-pyrrole nitrogens is 1. The van der Waals surface area contributed by atoms with Gasteiger partial charge in [-0.25, -0.2) is 32.3 Å². The molecule has 1 aromatic carbocycles. The average molecular weight is 397 g/mol. The molecule has 0 saturated heterocycles. The number of aromatic nitrogens is 3. The Morgan fingerprint density at radius 3 is 2.59 bits per heavy atom. The fraction of sp³-hybridized carbons (Fsp3) is 0.214. The summed E-state index contributed by atoms with van der Waals surface area (Å²) in [6.45, 7) is -1.89. The molecule has 144 valence electrons. The van der Waals surface area contributed by atoms with E-state index in [9.17, 15) is 35.5 Å². The first kappa shape index (κ1) is 18.7. The summed E-state index contributed by atoms with van der Waals surface area (Å²) in [4.78, 5) is 19.9. The molecule has 6 nitrogen and oxygen atoms in total. The van der Waals surface area contributed by atoms with Gasteiger partial charge >= 0.3 is 11.9 Å². The van der Waals surface area contributed by atoms with Crippen molar-refractivity contribution >= 4 is 11.1 Å². The molecule has 0 saturated carbocycles. The van der Waals surface area contributed by atoms with E-state index in [1.807, 2.05) is 4.98 Å². The second kappa shape index (κ2) is 6.55. The predicted molar refractivity (Wildman–Crippen MR) is 74.3 cm³/mol. The van der Waals surface area contributed by atoms with Gasteiger partial charge in [-0.2, -0.15) is 13.2 Å². The van der Waals surface area contributed by atoms with E-state index in [4.69, 9.17) is 0 Å². The van der Waals surface area contributed by atoms with Crippen LogP contribution in [0.3, 0.4) is 0 Å². The fourth-order valence-corrected chi connectivity index (χ4v) is 2.16. The number of nitrogens with one attached hydrogen (secondary N) is 1. The van der Waals surface area contributed by atoms with Crippen molar-refractivity contribution in [2.45, 2.75) is 12.6 Å². The smallest absolute Gasteiger partial charge is 0.422 e. The van der Waals surface area contributed by atoms with E-state index < -0.39 is 70.5 Å². The Morgan fingerprint density at radius 1 is 1.26 bits per heavy atom. The van der Waals surface area contributed by atoms with Crippen LogP contribution in [0.25, 0.3) is 22.4 Å². The molecular formula is C14H6F7N3O3. The highest BCUT2D eigenvalue weighted by atomic mass is 19.4. The minimum absolute atomic E-state index is 0.418. The van der Waals surface area contributed by atoms with Gasteiger partial charge in [0.25, 0.3) is 6.43 Å². The fourth-order valence-electron chi connectivity index (χ4n) is 2.16. The van der Waals surface area contributed by atoms with Crippen molar-refractivity contribution in [2.75, 3.05) is 6.61 Å². The molecule has 13 heteroatoms. The van der Waals surface area contributed by atoms with Crippen LogP contribution in [0.2, 0.25) is 0 Å². The van der Waals surface area contributed by atoms with Gasteiger partial charge in [-0.1, -0.05) is 0 Å². The van der Waals surface area contributed by atoms with Gasteiger partial charge in [-0.3, -0.25) is 4.98 Å². The number of hydrogen-bond acceptors (Lipinski definition) is 5. The van der Waals surface area contributed by atoms with Crippen LogP contribution in [0.4, 0.5) is 30.7 Å². The maximum absolute atomic E-state index is 13.7. The van der Waals surface area contributed by atoms with Crippen LogP contribution in [0, 0.1) is 11.6 Å². The first-order valence-electron chi connectivity index (χ1n) is 6.92. The zero-order valence-electron chi connectivity index (χ0n) is 12.7. The number of alkyl halides is 5. The van der Waals surface area contributed by atoms with Crippen molar-refractivity contribution in [3.63, 3.8) is 0 Å². The number of halogens is 7. The SMILES string of the molecule is O=c1[nH]c2c(F)c(F)cc(-c3cnc(OCC(F)(F)F)c(C(F)F)n3)c2o1. The Hall–Kier alpha value is -3.12. The number of aromatic amines is 1. The highest BCUT2D eigenvalue weighted by molar-refractivity contribution is 5.89. The summed E-state index contributed by atoms with van der Waals surface area (Å²) in [5.41, 5.74) is -3.38.